The van der Waals surface area contributed by atoms with Crippen LogP contribution < -0.4 is 0 Å². The third kappa shape index (κ3) is 2.19. The average molecular weight is 156 g/mol. The first-order chi connectivity index (χ1) is 5.27. The van der Waals surface area contributed by atoms with Crippen molar-refractivity contribution in [1.29, 1.82) is 0 Å². The van der Waals surface area contributed by atoms with Crippen molar-refractivity contribution >= 4 is 0 Å². The highest BCUT2D eigenvalue weighted by Gasteiger charge is 2.36. The molecule has 0 spiro atoms. The van der Waals surface area contributed by atoms with Crippen LogP contribution in [0.3, 0.4) is 0 Å². The zero-order valence-corrected chi connectivity index (χ0v) is 7.97. The van der Waals surface area contributed by atoms with Crippen LogP contribution in [0.2, 0.25) is 0 Å². The normalized spacial score (nSPS) is 40.1. The van der Waals surface area contributed by atoms with E-state index in [0.29, 0.717) is 0 Å². The standard InChI is InChI=1S/C8H14.C2H6O/c1-6-4-7-2-3-8(6)5-7;1-3-2/h6-8H,2-5H2,1H3;1-2H3. The lowest BCUT2D eigenvalue weighted by molar-refractivity contribution is 0.277. The van der Waals surface area contributed by atoms with Gasteiger partial charge in [0, 0.05) is 14.2 Å². The van der Waals surface area contributed by atoms with E-state index < -0.39 is 0 Å². The minimum atomic E-state index is 1.08. The lowest BCUT2D eigenvalue weighted by Crippen LogP contribution is -2.04. The van der Waals surface area contributed by atoms with E-state index in [1.807, 2.05) is 0 Å². The molecule has 2 bridgehead atoms. The number of rotatable bonds is 0. The van der Waals surface area contributed by atoms with Gasteiger partial charge in [0.1, 0.15) is 0 Å². The average Bonchev–Trinajstić information content (AvgIpc) is 2.48. The van der Waals surface area contributed by atoms with Crippen molar-refractivity contribution < 1.29 is 4.74 Å². The molecule has 0 radical (unpaired) electrons. The fraction of sp³-hybridized carbons (Fsp3) is 1.00. The highest BCUT2D eigenvalue weighted by molar-refractivity contribution is 4.87. The topological polar surface area (TPSA) is 9.23 Å². The molecule has 0 aliphatic heterocycles. The van der Waals surface area contributed by atoms with Crippen molar-refractivity contribution in [2.75, 3.05) is 14.2 Å². The van der Waals surface area contributed by atoms with Crippen LogP contribution in [0.5, 0.6) is 0 Å². The maximum atomic E-state index is 4.25. The van der Waals surface area contributed by atoms with Gasteiger partial charge in [-0.05, 0) is 37.0 Å². The zero-order chi connectivity index (χ0) is 8.27. The van der Waals surface area contributed by atoms with Gasteiger partial charge in [0.2, 0.25) is 0 Å². The first-order valence-corrected chi connectivity index (χ1v) is 4.68. The van der Waals surface area contributed by atoms with E-state index in [-0.39, 0.29) is 0 Å². The predicted molar refractivity (Wildman–Crippen MR) is 47.5 cm³/mol. The quantitative estimate of drug-likeness (QED) is 0.524. The Morgan fingerprint density at radius 1 is 1.09 bits per heavy atom. The summed E-state index contributed by atoms with van der Waals surface area (Å²) in [5.41, 5.74) is 0. The predicted octanol–water partition coefficient (Wildman–Crippen LogP) is 2.71. The summed E-state index contributed by atoms with van der Waals surface area (Å²) in [6.07, 6.45) is 6.21. The monoisotopic (exact) mass is 156 g/mol. The molecule has 2 fully saturated rings. The first kappa shape index (κ1) is 9.05. The van der Waals surface area contributed by atoms with Crippen LogP contribution >= 0.6 is 0 Å². The zero-order valence-electron chi connectivity index (χ0n) is 7.97. The molecule has 0 aromatic rings. The first-order valence-electron chi connectivity index (χ1n) is 4.68. The molecule has 0 aromatic carbocycles. The second-order valence-electron chi connectivity index (χ2n) is 4.06. The van der Waals surface area contributed by atoms with E-state index in [0.717, 1.165) is 17.8 Å². The summed E-state index contributed by atoms with van der Waals surface area (Å²) in [4.78, 5) is 0. The second kappa shape index (κ2) is 4.10. The van der Waals surface area contributed by atoms with E-state index in [9.17, 15) is 0 Å². The summed E-state index contributed by atoms with van der Waals surface area (Å²) in [6, 6.07) is 0. The molecule has 66 valence electrons. The Hall–Kier alpha value is -0.0400. The van der Waals surface area contributed by atoms with E-state index in [2.05, 4.69) is 11.7 Å². The molecule has 0 aromatic heterocycles. The summed E-state index contributed by atoms with van der Waals surface area (Å²) >= 11 is 0. The molecule has 2 aliphatic rings. The number of hydrogen-bond donors (Lipinski definition) is 0. The van der Waals surface area contributed by atoms with Crippen molar-refractivity contribution in [2.45, 2.75) is 32.6 Å². The molecular formula is C10H20O. The molecule has 2 aliphatic carbocycles. The SMILES string of the molecule is CC1CC2CCC1C2.COC. The number of methoxy groups -OCH3 is 1. The Balaban J connectivity index is 0.000000179. The summed E-state index contributed by atoms with van der Waals surface area (Å²) in [7, 11) is 3.25. The van der Waals surface area contributed by atoms with Crippen LogP contribution in [0.4, 0.5) is 0 Å². The summed E-state index contributed by atoms with van der Waals surface area (Å²) in [5.74, 6) is 3.36. The fourth-order valence-electron chi connectivity index (χ4n) is 2.56. The lowest BCUT2D eigenvalue weighted by Gasteiger charge is -2.15. The highest BCUT2D eigenvalue weighted by atomic mass is 16.4. The third-order valence-corrected chi connectivity index (χ3v) is 3.09. The van der Waals surface area contributed by atoms with Gasteiger partial charge in [-0.15, -0.1) is 0 Å². The van der Waals surface area contributed by atoms with E-state index >= 15 is 0 Å². The second-order valence-corrected chi connectivity index (χ2v) is 4.06. The van der Waals surface area contributed by atoms with Crippen LogP contribution in [0.15, 0.2) is 0 Å². The van der Waals surface area contributed by atoms with Gasteiger partial charge in [-0.25, -0.2) is 0 Å². The van der Waals surface area contributed by atoms with Gasteiger partial charge < -0.3 is 4.74 Å². The van der Waals surface area contributed by atoms with Crippen LogP contribution in [-0.2, 0) is 4.74 Å². The molecule has 2 rings (SSSR count). The number of hydrogen-bond acceptors (Lipinski definition) is 1. The molecular weight excluding hydrogens is 136 g/mol. The van der Waals surface area contributed by atoms with Crippen molar-refractivity contribution in [3.8, 4) is 0 Å². The van der Waals surface area contributed by atoms with Crippen LogP contribution in [-0.4, -0.2) is 14.2 Å². The van der Waals surface area contributed by atoms with Crippen molar-refractivity contribution in [2.24, 2.45) is 17.8 Å². The largest absolute Gasteiger partial charge is 0.388 e. The van der Waals surface area contributed by atoms with Crippen LogP contribution in [0, 0.1) is 17.8 Å². The minimum absolute atomic E-state index is 1.08. The Kier molecular flexibility index (Phi) is 3.38. The van der Waals surface area contributed by atoms with Crippen LogP contribution in [0.1, 0.15) is 32.6 Å². The van der Waals surface area contributed by atoms with Gasteiger partial charge in [-0.1, -0.05) is 13.3 Å². The van der Waals surface area contributed by atoms with Crippen molar-refractivity contribution in [1.82, 2.24) is 0 Å². The van der Waals surface area contributed by atoms with Crippen molar-refractivity contribution in [3.05, 3.63) is 0 Å². The van der Waals surface area contributed by atoms with Gasteiger partial charge in [-0.3, -0.25) is 0 Å². The molecule has 1 nitrogen and oxygen atoms in total. The molecule has 0 saturated heterocycles. The van der Waals surface area contributed by atoms with Gasteiger partial charge >= 0.3 is 0 Å². The van der Waals surface area contributed by atoms with Gasteiger partial charge in [0.05, 0.1) is 0 Å². The summed E-state index contributed by atoms with van der Waals surface area (Å²) in [5, 5.41) is 0. The molecule has 0 amide bonds. The number of fused-ring (bicyclic) bond motifs is 2. The van der Waals surface area contributed by atoms with E-state index in [1.54, 1.807) is 39.9 Å². The summed E-state index contributed by atoms with van der Waals surface area (Å²) < 4.78 is 4.25. The van der Waals surface area contributed by atoms with Crippen molar-refractivity contribution in [3.63, 3.8) is 0 Å². The fourth-order valence-corrected chi connectivity index (χ4v) is 2.56. The lowest BCUT2D eigenvalue weighted by atomic mass is 9.91. The smallest absolute Gasteiger partial charge is 0.0351 e. The maximum Gasteiger partial charge on any atom is 0.0351 e. The Bertz CT molecular complexity index is 109. The minimum Gasteiger partial charge on any atom is -0.388 e. The number of ether oxygens (including phenoxy) is 1. The molecule has 3 atom stereocenters. The molecule has 0 N–H and O–H groups in total. The highest BCUT2D eigenvalue weighted by Crippen LogP contribution is 2.47. The van der Waals surface area contributed by atoms with Crippen LogP contribution in [0.25, 0.3) is 0 Å². The van der Waals surface area contributed by atoms with Gasteiger partial charge in [0.25, 0.3) is 0 Å². The maximum absolute atomic E-state index is 4.25. The Morgan fingerprint density at radius 2 is 1.73 bits per heavy atom. The molecule has 1 heteroatoms. The molecule has 2 saturated carbocycles. The summed E-state index contributed by atoms with van der Waals surface area (Å²) in [6.45, 7) is 2.42. The van der Waals surface area contributed by atoms with E-state index in [1.165, 1.54) is 0 Å². The third-order valence-electron chi connectivity index (χ3n) is 3.09. The van der Waals surface area contributed by atoms with E-state index in [4.69, 9.17) is 0 Å². The Morgan fingerprint density at radius 3 is 1.91 bits per heavy atom. The molecule has 11 heavy (non-hydrogen) atoms. The molecule has 3 unspecified atom stereocenters. The van der Waals surface area contributed by atoms with Gasteiger partial charge in [-0.2, -0.15) is 0 Å². The van der Waals surface area contributed by atoms with Gasteiger partial charge in [0.15, 0.2) is 0 Å². The Labute approximate surface area is 70.1 Å². The molecule has 0 heterocycles.